The van der Waals surface area contributed by atoms with Gasteiger partial charge in [0.1, 0.15) is 5.69 Å². The lowest BCUT2D eigenvalue weighted by atomic mass is 10.2. The van der Waals surface area contributed by atoms with Crippen molar-refractivity contribution in [1.82, 2.24) is 0 Å². The Kier molecular flexibility index (Phi) is 2.81. The number of amides is 1. The molecule has 0 radical (unpaired) electrons. The molecule has 7 heteroatoms. The van der Waals surface area contributed by atoms with Crippen molar-refractivity contribution in [3.63, 3.8) is 0 Å². The van der Waals surface area contributed by atoms with E-state index in [1.165, 1.54) is 18.2 Å². The van der Waals surface area contributed by atoms with Gasteiger partial charge in [0, 0.05) is 16.8 Å². The Hall–Kier alpha value is -1.95. The lowest BCUT2D eigenvalue weighted by Crippen LogP contribution is -2.20. The standard InChI is InChI=1S/C10H8ClN3O3/c1-6-4-10(15)13(12-6)9-5-7(11)2-3-8(9)14(16)17/h2-3,5H,4H2,1H3. The van der Waals surface area contributed by atoms with Crippen molar-refractivity contribution in [3.8, 4) is 0 Å². The van der Waals surface area contributed by atoms with Gasteiger partial charge in [-0.05, 0) is 19.1 Å². The van der Waals surface area contributed by atoms with E-state index in [4.69, 9.17) is 11.6 Å². The molecule has 1 heterocycles. The highest BCUT2D eigenvalue weighted by atomic mass is 35.5. The summed E-state index contributed by atoms with van der Waals surface area (Å²) in [7, 11) is 0. The number of nitro groups is 1. The Bertz CT molecular complexity index is 542. The molecule has 0 spiro atoms. The molecule has 0 saturated heterocycles. The first-order valence-corrected chi connectivity index (χ1v) is 5.18. The van der Waals surface area contributed by atoms with Crippen LogP contribution in [0.4, 0.5) is 11.4 Å². The molecule has 1 aliphatic rings. The maximum Gasteiger partial charge on any atom is 0.295 e. The van der Waals surface area contributed by atoms with Gasteiger partial charge in [0.2, 0.25) is 0 Å². The summed E-state index contributed by atoms with van der Waals surface area (Å²) in [6.07, 6.45) is 0.170. The second-order valence-corrected chi connectivity index (χ2v) is 4.04. The van der Waals surface area contributed by atoms with Crippen molar-refractivity contribution in [1.29, 1.82) is 0 Å². The largest absolute Gasteiger partial charge is 0.295 e. The van der Waals surface area contributed by atoms with Crippen LogP contribution in [0.1, 0.15) is 13.3 Å². The Morgan fingerprint density at radius 2 is 2.24 bits per heavy atom. The van der Waals surface area contributed by atoms with E-state index in [1.54, 1.807) is 6.92 Å². The van der Waals surface area contributed by atoms with Crippen LogP contribution in [0.3, 0.4) is 0 Å². The van der Waals surface area contributed by atoms with E-state index in [1.807, 2.05) is 0 Å². The third kappa shape index (κ3) is 2.12. The van der Waals surface area contributed by atoms with Gasteiger partial charge in [-0.15, -0.1) is 0 Å². The molecule has 0 N–H and O–H groups in total. The molecule has 88 valence electrons. The summed E-state index contributed by atoms with van der Waals surface area (Å²) >= 11 is 5.77. The lowest BCUT2D eigenvalue weighted by Gasteiger charge is -2.11. The van der Waals surface area contributed by atoms with Crippen molar-refractivity contribution >= 4 is 34.6 Å². The molecule has 2 rings (SSSR count). The van der Waals surface area contributed by atoms with Crippen LogP contribution < -0.4 is 5.01 Å². The van der Waals surface area contributed by atoms with E-state index < -0.39 is 4.92 Å². The third-order valence-corrected chi connectivity index (χ3v) is 2.51. The number of nitro benzene ring substituents is 1. The second kappa shape index (κ2) is 4.14. The number of rotatable bonds is 2. The number of nitrogens with zero attached hydrogens (tertiary/aromatic N) is 3. The van der Waals surface area contributed by atoms with Crippen molar-refractivity contribution < 1.29 is 9.72 Å². The summed E-state index contributed by atoms with van der Waals surface area (Å²) in [6, 6.07) is 4.02. The first kappa shape index (κ1) is 11.5. The highest BCUT2D eigenvalue weighted by Gasteiger charge is 2.28. The normalized spacial score (nSPS) is 15.1. The summed E-state index contributed by atoms with van der Waals surface area (Å²) in [5, 5.41) is 16.2. The molecule has 0 aliphatic carbocycles. The third-order valence-electron chi connectivity index (χ3n) is 2.28. The van der Waals surface area contributed by atoms with Gasteiger partial charge in [-0.25, -0.2) is 0 Å². The minimum atomic E-state index is -0.567. The molecule has 6 nitrogen and oxygen atoms in total. The van der Waals surface area contributed by atoms with Gasteiger partial charge in [-0.1, -0.05) is 11.6 Å². The van der Waals surface area contributed by atoms with Gasteiger partial charge in [-0.3, -0.25) is 14.9 Å². The van der Waals surface area contributed by atoms with E-state index in [2.05, 4.69) is 5.10 Å². The number of anilines is 1. The number of hydrogen-bond donors (Lipinski definition) is 0. The fourth-order valence-corrected chi connectivity index (χ4v) is 1.73. The van der Waals surface area contributed by atoms with E-state index in [-0.39, 0.29) is 23.7 Å². The maximum absolute atomic E-state index is 11.6. The highest BCUT2D eigenvalue weighted by molar-refractivity contribution is 6.31. The predicted molar refractivity (Wildman–Crippen MR) is 63.3 cm³/mol. The molecule has 0 bridgehead atoms. The maximum atomic E-state index is 11.6. The monoisotopic (exact) mass is 253 g/mol. The molecular weight excluding hydrogens is 246 g/mol. The van der Waals surface area contributed by atoms with E-state index in [0.717, 1.165) is 5.01 Å². The Balaban J connectivity index is 2.54. The number of halogens is 1. The zero-order valence-corrected chi connectivity index (χ0v) is 9.64. The fourth-order valence-electron chi connectivity index (χ4n) is 1.56. The van der Waals surface area contributed by atoms with Crippen LogP contribution >= 0.6 is 11.6 Å². The predicted octanol–water partition coefficient (Wildman–Crippen LogP) is 2.36. The zero-order chi connectivity index (χ0) is 12.6. The molecule has 1 aliphatic heterocycles. The number of carbonyl (C=O) groups is 1. The van der Waals surface area contributed by atoms with Crippen LogP contribution in [0.5, 0.6) is 0 Å². The highest BCUT2D eigenvalue weighted by Crippen LogP contribution is 2.33. The van der Waals surface area contributed by atoms with E-state index >= 15 is 0 Å². The first-order chi connectivity index (χ1) is 7.99. The van der Waals surface area contributed by atoms with Gasteiger partial charge < -0.3 is 0 Å². The van der Waals surface area contributed by atoms with Gasteiger partial charge in [0.25, 0.3) is 11.6 Å². The fraction of sp³-hybridized carbons (Fsp3) is 0.200. The Morgan fingerprint density at radius 3 is 2.76 bits per heavy atom. The van der Waals surface area contributed by atoms with Crippen LogP contribution in [0.15, 0.2) is 23.3 Å². The average molecular weight is 254 g/mol. The molecule has 0 aromatic heterocycles. The Labute approximate surface area is 102 Å². The van der Waals surface area contributed by atoms with Gasteiger partial charge >= 0.3 is 0 Å². The molecule has 0 unspecified atom stereocenters. The minimum Gasteiger partial charge on any atom is -0.272 e. The van der Waals surface area contributed by atoms with Crippen LogP contribution in [-0.2, 0) is 4.79 Å². The van der Waals surface area contributed by atoms with Gasteiger partial charge in [0.15, 0.2) is 0 Å². The van der Waals surface area contributed by atoms with Crippen LogP contribution in [0.2, 0.25) is 5.02 Å². The summed E-state index contributed by atoms with van der Waals surface area (Å²) in [4.78, 5) is 21.9. The van der Waals surface area contributed by atoms with Crippen molar-refractivity contribution in [2.45, 2.75) is 13.3 Å². The number of hydrogen-bond acceptors (Lipinski definition) is 4. The van der Waals surface area contributed by atoms with Gasteiger partial charge in [0.05, 0.1) is 11.3 Å². The summed E-state index contributed by atoms with van der Waals surface area (Å²) in [5.41, 5.74) is 0.523. The summed E-state index contributed by atoms with van der Waals surface area (Å²) in [6.45, 7) is 1.69. The number of benzene rings is 1. The molecule has 0 atom stereocenters. The Morgan fingerprint density at radius 1 is 1.53 bits per heavy atom. The lowest BCUT2D eigenvalue weighted by molar-refractivity contribution is -0.384. The zero-order valence-electron chi connectivity index (χ0n) is 8.88. The molecular formula is C10H8ClN3O3. The number of hydrazone groups is 1. The molecule has 0 fully saturated rings. The van der Waals surface area contributed by atoms with Crippen molar-refractivity contribution in [2.75, 3.05) is 5.01 Å². The summed E-state index contributed by atoms with van der Waals surface area (Å²) < 4.78 is 0. The van der Waals surface area contributed by atoms with Crippen molar-refractivity contribution in [2.24, 2.45) is 5.10 Å². The average Bonchev–Trinajstić information content (AvgIpc) is 2.57. The van der Waals surface area contributed by atoms with E-state index in [9.17, 15) is 14.9 Å². The second-order valence-electron chi connectivity index (χ2n) is 3.61. The molecule has 1 aromatic carbocycles. The van der Waals surface area contributed by atoms with Crippen LogP contribution in [-0.4, -0.2) is 16.5 Å². The molecule has 1 aromatic rings. The van der Waals surface area contributed by atoms with Gasteiger partial charge in [-0.2, -0.15) is 10.1 Å². The van der Waals surface area contributed by atoms with E-state index in [0.29, 0.717) is 10.7 Å². The topological polar surface area (TPSA) is 75.8 Å². The molecule has 0 saturated carbocycles. The van der Waals surface area contributed by atoms with Crippen molar-refractivity contribution in [3.05, 3.63) is 33.3 Å². The molecule has 17 heavy (non-hydrogen) atoms. The van der Waals surface area contributed by atoms with Crippen LogP contribution in [0, 0.1) is 10.1 Å². The summed E-state index contributed by atoms with van der Waals surface area (Å²) in [5.74, 6) is -0.298. The quantitative estimate of drug-likeness (QED) is 0.600. The molecule has 1 amide bonds. The first-order valence-electron chi connectivity index (χ1n) is 4.80. The SMILES string of the molecule is CC1=NN(c2cc(Cl)ccc2[N+](=O)[O-])C(=O)C1. The number of carbonyl (C=O) groups excluding carboxylic acids is 1. The van der Waals surface area contributed by atoms with Crippen LogP contribution in [0.25, 0.3) is 0 Å². The minimum absolute atomic E-state index is 0.101. The smallest absolute Gasteiger partial charge is 0.272 e.